The molecule has 2 heterocycles. The molecule has 0 bridgehead atoms. The van der Waals surface area contributed by atoms with Gasteiger partial charge in [-0.05, 0) is 44.1 Å². The SMILES string of the molecule is C/C(=N\NC(=S)N1CCC1)c1ncccc1C. The van der Waals surface area contributed by atoms with Crippen molar-refractivity contribution in [1.29, 1.82) is 0 Å². The number of likely N-dealkylation sites (tertiary alicyclic amines) is 1. The molecule has 0 amide bonds. The normalized spacial score (nSPS) is 15.4. The summed E-state index contributed by atoms with van der Waals surface area (Å²) in [6.07, 6.45) is 2.99. The zero-order valence-electron chi connectivity index (χ0n) is 10.1. The van der Waals surface area contributed by atoms with Crippen LogP contribution in [0.25, 0.3) is 0 Å². The van der Waals surface area contributed by atoms with Crippen molar-refractivity contribution in [3.63, 3.8) is 0 Å². The van der Waals surface area contributed by atoms with Gasteiger partial charge in [0.2, 0.25) is 0 Å². The molecule has 2 rings (SSSR count). The topological polar surface area (TPSA) is 40.5 Å². The predicted molar refractivity (Wildman–Crippen MR) is 73.1 cm³/mol. The van der Waals surface area contributed by atoms with Crippen molar-refractivity contribution < 1.29 is 0 Å². The molecule has 0 saturated carbocycles. The molecule has 1 aromatic rings. The van der Waals surface area contributed by atoms with E-state index < -0.39 is 0 Å². The average molecular weight is 248 g/mol. The minimum atomic E-state index is 0.698. The van der Waals surface area contributed by atoms with Gasteiger partial charge in [-0.15, -0.1) is 0 Å². The van der Waals surface area contributed by atoms with Gasteiger partial charge in [-0.25, -0.2) is 0 Å². The van der Waals surface area contributed by atoms with Gasteiger partial charge in [0, 0.05) is 19.3 Å². The van der Waals surface area contributed by atoms with E-state index in [2.05, 4.69) is 20.4 Å². The van der Waals surface area contributed by atoms with Gasteiger partial charge in [0.05, 0.1) is 11.4 Å². The highest BCUT2D eigenvalue weighted by molar-refractivity contribution is 7.80. The summed E-state index contributed by atoms with van der Waals surface area (Å²) in [4.78, 5) is 6.40. The highest BCUT2D eigenvalue weighted by atomic mass is 32.1. The Balaban J connectivity index is 2.01. The lowest BCUT2D eigenvalue weighted by Gasteiger charge is -2.32. The van der Waals surface area contributed by atoms with Gasteiger partial charge in [0.25, 0.3) is 0 Å². The van der Waals surface area contributed by atoms with E-state index in [0.717, 1.165) is 30.1 Å². The Morgan fingerprint density at radius 1 is 1.53 bits per heavy atom. The number of hydrogen-bond donors (Lipinski definition) is 1. The number of hydrogen-bond acceptors (Lipinski definition) is 3. The molecule has 0 aromatic carbocycles. The second-order valence-corrected chi connectivity index (χ2v) is 4.51. The van der Waals surface area contributed by atoms with Crippen molar-refractivity contribution in [2.24, 2.45) is 5.10 Å². The Morgan fingerprint density at radius 2 is 2.29 bits per heavy atom. The van der Waals surface area contributed by atoms with E-state index in [9.17, 15) is 0 Å². The summed E-state index contributed by atoms with van der Waals surface area (Å²) >= 11 is 5.22. The van der Waals surface area contributed by atoms with Gasteiger partial charge in [-0.1, -0.05) is 6.07 Å². The van der Waals surface area contributed by atoms with Crippen molar-refractivity contribution in [3.8, 4) is 0 Å². The first-order valence-corrected chi connectivity index (χ1v) is 6.10. The molecule has 1 N–H and O–H groups in total. The van der Waals surface area contributed by atoms with Crippen molar-refractivity contribution in [1.82, 2.24) is 15.3 Å². The average Bonchev–Trinajstić information content (AvgIpc) is 2.24. The molecule has 0 spiro atoms. The number of rotatable bonds is 2. The number of aryl methyl sites for hydroxylation is 1. The highest BCUT2D eigenvalue weighted by Crippen LogP contribution is 2.07. The Bertz CT molecular complexity index is 452. The largest absolute Gasteiger partial charge is 0.348 e. The zero-order valence-corrected chi connectivity index (χ0v) is 10.9. The van der Waals surface area contributed by atoms with Crippen molar-refractivity contribution >= 4 is 23.0 Å². The highest BCUT2D eigenvalue weighted by Gasteiger charge is 2.16. The lowest BCUT2D eigenvalue weighted by molar-refractivity contribution is 0.296. The first-order valence-electron chi connectivity index (χ1n) is 5.69. The first-order chi connectivity index (χ1) is 8.18. The quantitative estimate of drug-likeness (QED) is 0.491. The summed E-state index contributed by atoms with van der Waals surface area (Å²) < 4.78 is 0. The molecule has 90 valence electrons. The molecule has 0 aliphatic carbocycles. The van der Waals surface area contributed by atoms with Crippen LogP contribution < -0.4 is 5.43 Å². The van der Waals surface area contributed by atoms with Crippen LogP contribution in [0.4, 0.5) is 0 Å². The number of pyridine rings is 1. The van der Waals surface area contributed by atoms with Crippen LogP contribution in [0.1, 0.15) is 24.6 Å². The third-order valence-corrected chi connectivity index (χ3v) is 3.16. The smallest absolute Gasteiger partial charge is 0.189 e. The van der Waals surface area contributed by atoms with Crippen LogP contribution >= 0.6 is 12.2 Å². The van der Waals surface area contributed by atoms with Crippen LogP contribution in [0.15, 0.2) is 23.4 Å². The number of hydrazone groups is 1. The van der Waals surface area contributed by atoms with Gasteiger partial charge in [0.1, 0.15) is 0 Å². The minimum absolute atomic E-state index is 0.698. The lowest BCUT2D eigenvalue weighted by Crippen LogP contribution is -2.46. The number of aromatic nitrogens is 1. The van der Waals surface area contributed by atoms with E-state index in [1.54, 1.807) is 6.20 Å². The molecule has 1 fully saturated rings. The molecule has 0 unspecified atom stereocenters. The van der Waals surface area contributed by atoms with Gasteiger partial charge >= 0.3 is 0 Å². The summed E-state index contributed by atoms with van der Waals surface area (Å²) in [6, 6.07) is 3.94. The monoisotopic (exact) mass is 248 g/mol. The van der Waals surface area contributed by atoms with E-state index in [4.69, 9.17) is 12.2 Å². The molecule has 17 heavy (non-hydrogen) atoms. The van der Waals surface area contributed by atoms with Crippen LogP contribution in [0.3, 0.4) is 0 Å². The summed E-state index contributed by atoms with van der Waals surface area (Å²) in [5.74, 6) is 0. The third kappa shape index (κ3) is 2.79. The van der Waals surface area contributed by atoms with Crippen LogP contribution in [0, 0.1) is 6.92 Å². The minimum Gasteiger partial charge on any atom is -0.348 e. The van der Waals surface area contributed by atoms with Gasteiger partial charge in [-0.2, -0.15) is 5.10 Å². The molecule has 0 atom stereocenters. The maximum absolute atomic E-state index is 5.22. The Hall–Kier alpha value is -1.49. The van der Waals surface area contributed by atoms with Gasteiger partial charge < -0.3 is 4.90 Å². The molecule has 5 heteroatoms. The molecule has 4 nitrogen and oxygen atoms in total. The van der Waals surface area contributed by atoms with Crippen LogP contribution in [-0.4, -0.2) is 33.8 Å². The zero-order chi connectivity index (χ0) is 12.3. The fourth-order valence-electron chi connectivity index (χ4n) is 1.64. The van der Waals surface area contributed by atoms with E-state index in [1.165, 1.54) is 6.42 Å². The first kappa shape index (κ1) is 12.0. The molecule has 1 saturated heterocycles. The molecule has 0 radical (unpaired) electrons. The standard InChI is InChI=1S/C12H16N4S/c1-9-5-3-6-13-11(9)10(2)14-15-12(17)16-7-4-8-16/h3,5-6H,4,7-8H2,1-2H3,(H,15,17)/b14-10+. The van der Waals surface area contributed by atoms with Crippen molar-refractivity contribution in [3.05, 3.63) is 29.6 Å². The molecule has 1 aliphatic heterocycles. The van der Waals surface area contributed by atoms with E-state index in [1.807, 2.05) is 26.0 Å². The predicted octanol–water partition coefficient (Wildman–Crippen LogP) is 1.69. The second-order valence-electron chi connectivity index (χ2n) is 4.12. The Labute approximate surface area is 107 Å². The lowest BCUT2D eigenvalue weighted by atomic mass is 10.1. The summed E-state index contributed by atoms with van der Waals surface area (Å²) in [5.41, 5.74) is 5.79. The molecule has 1 aromatic heterocycles. The van der Waals surface area contributed by atoms with Crippen LogP contribution in [0.5, 0.6) is 0 Å². The van der Waals surface area contributed by atoms with Gasteiger partial charge in [0.15, 0.2) is 5.11 Å². The fourth-order valence-corrected chi connectivity index (χ4v) is 1.87. The Kier molecular flexibility index (Phi) is 3.68. The summed E-state index contributed by atoms with van der Waals surface area (Å²) in [6.45, 7) is 6.02. The summed E-state index contributed by atoms with van der Waals surface area (Å²) in [7, 11) is 0. The maximum Gasteiger partial charge on any atom is 0.189 e. The fraction of sp³-hybridized carbons (Fsp3) is 0.417. The third-order valence-electron chi connectivity index (χ3n) is 2.81. The number of nitrogens with zero attached hydrogens (tertiary/aromatic N) is 3. The molecular weight excluding hydrogens is 232 g/mol. The Morgan fingerprint density at radius 3 is 2.88 bits per heavy atom. The van der Waals surface area contributed by atoms with E-state index >= 15 is 0 Å². The number of nitrogens with one attached hydrogen (secondary N) is 1. The summed E-state index contributed by atoms with van der Waals surface area (Å²) in [5, 5.41) is 4.98. The van der Waals surface area contributed by atoms with Crippen molar-refractivity contribution in [2.45, 2.75) is 20.3 Å². The van der Waals surface area contributed by atoms with Crippen LogP contribution in [0.2, 0.25) is 0 Å². The maximum atomic E-state index is 5.22. The van der Waals surface area contributed by atoms with Crippen molar-refractivity contribution in [2.75, 3.05) is 13.1 Å². The van der Waals surface area contributed by atoms with Gasteiger partial charge in [-0.3, -0.25) is 10.4 Å². The molecular formula is C12H16N4S. The molecule has 1 aliphatic rings. The van der Waals surface area contributed by atoms with Crippen LogP contribution in [-0.2, 0) is 0 Å². The van der Waals surface area contributed by atoms with E-state index in [0.29, 0.717) is 5.11 Å². The van der Waals surface area contributed by atoms with E-state index in [-0.39, 0.29) is 0 Å². The second kappa shape index (κ2) is 5.23. The number of thiocarbonyl (C=S) groups is 1.